The van der Waals surface area contributed by atoms with Gasteiger partial charge in [-0.25, -0.2) is 0 Å². The lowest BCUT2D eigenvalue weighted by Crippen LogP contribution is -2.23. The smallest absolute Gasteiger partial charge is 0.263 e. The number of hydrogen-bond donors (Lipinski definition) is 1. The summed E-state index contributed by atoms with van der Waals surface area (Å²) in [7, 11) is 0. The molecule has 2 heterocycles. The molecule has 9 heteroatoms. The van der Waals surface area contributed by atoms with E-state index in [2.05, 4.69) is 32.7 Å². The van der Waals surface area contributed by atoms with E-state index in [0.717, 1.165) is 9.99 Å². The molecule has 1 unspecified atom stereocenters. The Bertz CT molecular complexity index is 1270. The maximum absolute atomic E-state index is 12.8. The first-order valence-electron chi connectivity index (χ1n) is 9.25. The number of rotatable bonds is 8. The van der Waals surface area contributed by atoms with Crippen LogP contribution < -0.4 is 10.3 Å². The van der Waals surface area contributed by atoms with Crippen molar-refractivity contribution < 1.29 is 9.84 Å². The van der Waals surface area contributed by atoms with Crippen LogP contribution in [0.4, 0.5) is 0 Å². The van der Waals surface area contributed by atoms with Crippen LogP contribution in [0.2, 0.25) is 0 Å². The summed E-state index contributed by atoms with van der Waals surface area (Å²) in [6.07, 6.45) is 0.951. The topological polar surface area (TPSA) is 81.7 Å². The van der Waals surface area contributed by atoms with Gasteiger partial charge in [0.25, 0.3) is 5.56 Å². The summed E-state index contributed by atoms with van der Waals surface area (Å²) < 4.78 is 9.94. The minimum absolute atomic E-state index is 0.135. The van der Waals surface area contributed by atoms with Crippen molar-refractivity contribution in [3.63, 3.8) is 0 Å². The van der Waals surface area contributed by atoms with Gasteiger partial charge in [-0.15, -0.1) is 16.8 Å². The van der Waals surface area contributed by atoms with E-state index in [0.29, 0.717) is 34.4 Å². The summed E-state index contributed by atoms with van der Waals surface area (Å²) in [6.45, 7) is 4.22. The predicted octanol–water partition coefficient (Wildman–Crippen LogP) is 3.52. The van der Waals surface area contributed by atoms with E-state index in [1.165, 1.54) is 11.8 Å². The number of aliphatic hydroxyl groups excluding tert-OH is 1. The minimum Gasteiger partial charge on any atom is -0.491 e. The summed E-state index contributed by atoms with van der Waals surface area (Å²) in [5.74, 6) is 1.49. The number of hydrogen-bond acceptors (Lipinski definition) is 6. The van der Waals surface area contributed by atoms with Crippen LogP contribution in [0, 0.1) is 0 Å². The van der Waals surface area contributed by atoms with Gasteiger partial charge in [0.1, 0.15) is 12.4 Å². The van der Waals surface area contributed by atoms with Gasteiger partial charge in [-0.1, -0.05) is 52.0 Å². The lowest BCUT2D eigenvalue weighted by Gasteiger charge is -2.12. The first-order valence-corrected chi connectivity index (χ1v) is 11.0. The average Bonchev–Trinajstić information content (AvgIpc) is 3.18. The molecule has 154 valence electrons. The van der Waals surface area contributed by atoms with Crippen LogP contribution >= 0.6 is 27.7 Å². The van der Waals surface area contributed by atoms with Crippen molar-refractivity contribution in [2.75, 3.05) is 12.4 Å². The molecular formula is C21H19BrN4O3S. The fraction of sp³-hybridized carbons (Fsp3) is 0.190. The largest absolute Gasteiger partial charge is 0.491 e. The predicted molar refractivity (Wildman–Crippen MR) is 121 cm³/mol. The third-order valence-corrected chi connectivity index (χ3v) is 6.00. The number of halogens is 1. The second kappa shape index (κ2) is 9.03. The van der Waals surface area contributed by atoms with Gasteiger partial charge in [0.15, 0.2) is 5.16 Å². The third kappa shape index (κ3) is 4.14. The molecule has 0 saturated heterocycles. The molecule has 0 bridgehead atoms. The number of aliphatic hydroxyl groups is 1. The van der Waals surface area contributed by atoms with Gasteiger partial charge < -0.3 is 9.84 Å². The molecule has 4 rings (SSSR count). The summed E-state index contributed by atoms with van der Waals surface area (Å²) in [5, 5.41) is 20.0. The Morgan fingerprint density at radius 3 is 2.87 bits per heavy atom. The van der Waals surface area contributed by atoms with Gasteiger partial charge in [0.2, 0.25) is 5.78 Å². The summed E-state index contributed by atoms with van der Waals surface area (Å²) >= 11 is 4.76. The van der Waals surface area contributed by atoms with Gasteiger partial charge in [-0.05, 0) is 30.3 Å². The third-order valence-electron chi connectivity index (χ3n) is 4.43. The molecule has 0 aliphatic heterocycles. The average molecular weight is 487 g/mol. The van der Waals surface area contributed by atoms with E-state index < -0.39 is 6.10 Å². The van der Waals surface area contributed by atoms with Crippen LogP contribution in [-0.2, 0) is 6.54 Å². The normalized spacial score (nSPS) is 12.3. The number of allylic oxidation sites excluding steroid dienone is 1. The second-order valence-electron chi connectivity index (χ2n) is 6.57. The summed E-state index contributed by atoms with van der Waals surface area (Å²) in [4.78, 5) is 12.8. The number of nitrogens with zero attached hydrogens (tertiary/aromatic N) is 4. The monoisotopic (exact) mass is 486 g/mol. The highest BCUT2D eigenvalue weighted by Gasteiger charge is 2.17. The molecule has 0 aliphatic rings. The second-order valence-corrected chi connectivity index (χ2v) is 8.48. The van der Waals surface area contributed by atoms with Crippen LogP contribution in [0.3, 0.4) is 0 Å². The summed E-state index contributed by atoms with van der Waals surface area (Å²) in [5.41, 5.74) is 0.592. The fourth-order valence-electron chi connectivity index (χ4n) is 3.09. The Morgan fingerprint density at radius 2 is 2.07 bits per heavy atom. The van der Waals surface area contributed by atoms with Crippen molar-refractivity contribution in [1.82, 2.24) is 19.2 Å². The van der Waals surface area contributed by atoms with Crippen LogP contribution in [-0.4, -0.2) is 42.7 Å². The van der Waals surface area contributed by atoms with Gasteiger partial charge in [-0.3, -0.25) is 13.8 Å². The van der Waals surface area contributed by atoms with Crippen molar-refractivity contribution in [2.45, 2.75) is 17.8 Å². The molecule has 7 nitrogen and oxygen atoms in total. The Labute approximate surface area is 185 Å². The Balaban J connectivity index is 1.57. The number of benzene rings is 2. The number of thioether (sulfide) groups is 1. The first-order chi connectivity index (χ1) is 14.6. The van der Waals surface area contributed by atoms with Crippen molar-refractivity contribution in [3.05, 3.63) is 76.0 Å². The zero-order chi connectivity index (χ0) is 21.1. The highest BCUT2D eigenvalue weighted by Crippen LogP contribution is 2.23. The molecule has 0 fully saturated rings. The molecule has 0 aliphatic carbocycles. The van der Waals surface area contributed by atoms with Crippen LogP contribution in [0.25, 0.3) is 16.7 Å². The lowest BCUT2D eigenvalue weighted by atomic mass is 10.2. The molecule has 0 saturated carbocycles. The molecule has 2 aromatic heterocycles. The lowest BCUT2D eigenvalue weighted by molar-refractivity contribution is 0.126. The maximum atomic E-state index is 12.8. The van der Waals surface area contributed by atoms with Gasteiger partial charge in [0.05, 0.1) is 17.0 Å². The molecular weight excluding hydrogens is 468 g/mol. The molecule has 1 atom stereocenters. The number of aromatic nitrogens is 4. The van der Waals surface area contributed by atoms with E-state index in [1.807, 2.05) is 46.9 Å². The van der Waals surface area contributed by atoms with Gasteiger partial charge >= 0.3 is 0 Å². The first kappa shape index (κ1) is 20.6. The van der Waals surface area contributed by atoms with E-state index in [9.17, 15) is 9.90 Å². The van der Waals surface area contributed by atoms with Crippen LogP contribution in [0.1, 0.15) is 0 Å². The SMILES string of the molecule is C=CCn1c(=O)c2ccccc2n2c(SCC(O)COc3cccc(Br)c3)nnc12. The van der Waals surface area contributed by atoms with Crippen molar-refractivity contribution in [2.24, 2.45) is 0 Å². The number of fused-ring (bicyclic) bond motifs is 3. The van der Waals surface area contributed by atoms with E-state index in [4.69, 9.17) is 4.74 Å². The molecule has 0 spiro atoms. The molecule has 4 aromatic rings. The highest BCUT2D eigenvalue weighted by molar-refractivity contribution is 9.10. The van der Waals surface area contributed by atoms with E-state index >= 15 is 0 Å². The van der Waals surface area contributed by atoms with E-state index in [1.54, 1.807) is 16.7 Å². The molecule has 30 heavy (non-hydrogen) atoms. The standard InChI is InChI=1S/C21H19BrN4O3S/c1-2-10-25-19(28)17-8-3-4-9-18(17)26-20(25)23-24-21(26)30-13-15(27)12-29-16-7-5-6-14(22)11-16/h2-9,11,15,27H,1,10,12-13H2. The van der Waals surface area contributed by atoms with Crippen molar-refractivity contribution in [3.8, 4) is 5.75 Å². The van der Waals surface area contributed by atoms with Gasteiger partial charge in [0, 0.05) is 16.8 Å². The maximum Gasteiger partial charge on any atom is 0.263 e. The number of para-hydroxylation sites is 1. The molecule has 1 N–H and O–H groups in total. The highest BCUT2D eigenvalue weighted by atomic mass is 79.9. The quantitative estimate of drug-likeness (QED) is 0.303. The fourth-order valence-corrected chi connectivity index (χ4v) is 4.31. The number of ether oxygens (including phenoxy) is 1. The zero-order valence-corrected chi connectivity index (χ0v) is 18.3. The molecule has 0 amide bonds. The van der Waals surface area contributed by atoms with Crippen molar-refractivity contribution in [1.29, 1.82) is 0 Å². The molecule has 2 aromatic carbocycles. The van der Waals surface area contributed by atoms with Crippen LogP contribution in [0.5, 0.6) is 5.75 Å². The van der Waals surface area contributed by atoms with Crippen molar-refractivity contribution >= 4 is 44.4 Å². The minimum atomic E-state index is -0.702. The summed E-state index contributed by atoms with van der Waals surface area (Å²) in [6, 6.07) is 14.8. The zero-order valence-electron chi connectivity index (χ0n) is 15.9. The van der Waals surface area contributed by atoms with E-state index in [-0.39, 0.29) is 12.2 Å². The van der Waals surface area contributed by atoms with Gasteiger partial charge in [-0.2, -0.15) is 0 Å². The Kier molecular flexibility index (Phi) is 6.21. The van der Waals surface area contributed by atoms with Crippen LogP contribution in [0.15, 0.2) is 75.6 Å². The Morgan fingerprint density at radius 1 is 1.23 bits per heavy atom. The molecule has 0 radical (unpaired) electrons. The Hall–Kier alpha value is -2.62.